The molecule has 0 fully saturated rings. The fourth-order valence-corrected chi connectivity index (χ4v) is 4.66. The number of rotatable bonds is 5. The molecule has 0 bridgehead atoms. The highest BCUT2D eigenvalue weighted by Gasteiger charge is 2.19. The summed E-state index contributed by atoms with van der Waals surface area (Å²) in [6, 6.07) is 1.58. The number of hydrogen-bond donors (Lipinski definition) is 0. The second-order valence-electron chi connectivity index (χ2n) is 5.44. The van der Waals surface area contributed by atoms with Crippen LogP contribution in [0, 0.1) is 13.8 Å². The molecule has 0 aliphatic carbocycles. The zero-order valence-corrected chi connectivity index (χ0v) is 16.0. The van der Waals surface area contributed by atoms with E-state index >= 15 is 0 Å². The lowest BCUT2D eigenvalue weighted by Gasteiger charge is -2.09. The van der Waals surface area contributed by atoms with Gasteiger partial charge in [0.25, 0.3) is 5.56 Å². The van der Waals surface area contributed by atoms with Crippen LogP contribution in [-0.2, 0) is 17.0 Å². The maximum absolute atomic E-state index is 12.8. The van der Waals surface area contributed by atoms with E-state index in [0.29, 0.717) is 34.2 Å². The Labute approximate surface area is 152 Å². The van der Waals surface area contributed by atoms with Crippen LogP contribution < -0.4 is 5.56 Å². The van der Waals surface area contributed by atoms with Gasteiger partial charge in [0.1, 0.15) is 16.2 Å². The van der Waals surface area contributed by atoms with E-state index in [1.807, 2.05) is 20.8 Å². The van der Waals surface area contributed by atoms with Crippen molar-refractivity contribution in [1.29, 1.82) is 0 Å². The highest BCUT2D eigenvalue weighted by molar-refractivity contribution is 7.98. The molecule has 0 atom stereocenters. The van der Waals surface area contributed by atoms with Gasteiger partial charge in [-0.1, -0.05) is 11.8 Å². The van der Waals surface area contributed by atoms with Crippen molar-refractivity contribution in [2.45, 2.75) is 38.2 Å². The monoisotopic (exact) mass is 378 g/mol. The van der Waals surface area contributed by atoms with Crippen LogP contribution in [0.25, 0.3) is 10.2 Å². The van der Waals surface area contributed by atoms with Crippen LogP contribution in [0.4, 0.5) is 0 Å². The molecular weight excluding hydrogens is 360 g/mol. The molecule has 0 unspecified atom stereocenters. The van der Waals surface area contributed by atoms with Gasteiger partial charge in [0.2, 0.25) is 0 Å². The molecule has 3 aromatic rings. The smallest absolute Gasteiger partial charge is 0.341 e. The lowest BCUT2D eigenvalue weighted by molar-refractivity contribution is 0.0598. The predicted molar refractivity (Wildman–Crippen MR) is 98.6 cm³/mol. The van der Waals surface area contributed by atoms with Gasteiger partial charge in [0.15, 0.2) is 5.16 Å². The van der Waals surface area contributed by atoms with Crippen LogP contribution in [0.3, 0.4) is 0 Å². The Morgan fingerprint density at radius 3 is 2.88 bits per heavy atom. The first-order valence-electron chi connectivity index (χ1n) is 7.75. The van der Waals surface area contributed by atoms with Crippen LogP contribution in [-0.4, -0.2) is 22.6 Å². The van der Waals surface area contributed by atoms with E-state index in [0.717, 1.165) is 15.3 Å². The number of thiophene rings is 1. The van der Waals surface area contributed by atoms with E-state index in [-0.39, 0.29) is 5.56 Å². The average molecular weight is 378 g/mol. The van der Waals surface area contributed by atoms with Crippen molar-refractivity contribution in [2.75, 3.05) is 7.11 Å². The fourth-order valence-electron chi connectivity index (χ4n) is 2.57. The number of esters is 1. The van der Waals surface area contributed by atoms with Gasteiger partial charge < -0.3 is 9.15 Å². The number of thioether (sulfide) groups is 1. The third-order valence-electron chi connectivity index (χ3n) is 4.05. The SMILES string of the molecule is CCn1c(SCc2occc2C(=O)OC)nc2sc(C)c(C)c2c1=O. The molecule has 25 heavy (non-hydrogen) atoms. The highest BCUT2D eigenvalue weighted by Crippen LogP contribution is 2.30. The summed E-state index contributed by atoms with van der Waals surface area (Å²) in [4.78, 5) is 31.1. The maximum atomic E-state index is 12.8. The molecule has 0 amide bonds. The number of methoxy groups -OCH3 is 1. The zero-order valence-electron chi connectivity index (χ0n) is 14.4. The fraction of sp³-hybridized carbons (Fsp3) is 0.353. The molecule has 6 nitrogen and oxygen atoms in total. The quantitative estimate of drug-likeness (QED) is 0.382. The first kappa shape index (κ1) is 17.8. The lowest BCUT2D eigenvalue weighted by atomic mass is 10.2. The third kappa shape index (κ3) is 3.11. The van der Waals surface area contributed by atoms with Gasteiger partial charge in [0.05, 0.1) is 24.5 Å². The second-order valence-corrected chi connectivity index (χ2v) is 7.59. The van der Waals surface area contributed by atoms with Crippen molar-refractivity contribution < 1.29 is 13.9 Å². The van der Waals surface area contributed by atoms with Gasteiger partial charge in [-0.3, -0.25) is 9.36 Å². The normalized spacial score (nSPS) is 11.2. The predicted octanol–water partition coefficient (Wildman–Crippen LogP) is 3.77. The molecule has 0 aliphatic heterocycles. The van der Waals surface area contributed by atoms with Crippen molar-refractivity contribution in [1.82, 2.24) is 9.55 Å². The zero-order chi connectivity index (χ0) is 18.1. The molecule has 3 aromatic heterocycles. The molecule has 3 heterocycles. The van der Waals surface area contributed by atoms with Crippen LogP contribution >= 0.6 is 23.1 Å². The van der Waals surface area contributed by atoms with Crippen LogP contribution in [0.15, 0.2) is 26.7 Å². The molecule has 8 heteroatoms. The highest BCUT2D eigenvalue weighted by atomic mass is 32.2. The molecule has 0 spiro atoms. The third-order valence-corrected chi connectivity index (χ3v) is 6.13. The van der Waals surface area contributed by atoms with E-state index in [4.69, 9.17) is 9.15 Å². The maximum Gasteiger partial charge on any atom is 0.341 e. The lowest BCUT2D eigenvalue weighted by Crippen LogP contribution is -2.22. The van der Waals surface area contributed by atoms with Crippen molar-refractivity contribution in [3.63, 3.8) is 0 Å². The summed E-state index contributed by atoms with van der Waals surface area (Å²) in [7, 11) is 1.33. The topological polar surface area (TPSA) is 74.3 Å². The molecule has 0 radical (unpaired) electrons. The number of furan rings is 1. The summed E-state index contributed by atoms with van der Waals surface area (Å²) in [6.07, 6.45) is 1.46. The van der Waals surface area contributed by atoms with Crippen LogP contribution in [0.5, 0.6) is 0 Å². The number of aryl methyl sites for hydroxylation is 2. The van der Waals surface area contributed by atoms with E-state index in [1.165, 1.54) is 36.5 Å². The molecule has 0 saturated carbocycles. The number of carbonyl (C=O) groups is 1. The second kappa shape index (κ2) is 7.05. The number of aromatic nitrogens is 2. The number of nitrogens with zero attached hydrogens (tertiary/aromatic N) is 2. The number of hydrogen-bond acceptors (Lipinski definition) is 7. The summed E-state index contributed by atoms with van der Waals surface area (Å²) in [5, 5.41) is 1.32. The Kier molecular flexibility index (Phi) is 5.01. The molecule has 0 aromatic carbocycles. The van der Waals surface area contributed by atoms with E-state index in [1.54, 1.807) is 10.6 Å². The summed E-state index contributed by atoms with van der Waals surface area (Å²) >= 11 is 2.90. The standard InChI is InChI=1S/C17H18N2O4S2/c1-5-19-15(20)13-9(2)10(3)25-14(13)18-17(19)24-8-12-11(6-7-23-12)16(21)22-4/h6-7H,5,8H2,1-4H3. The minimum absolute atomic E-state index is 0.0236. The van der Waals surface area contributed by atoms with E-state index in [2.05, 4.69) is 4.98 Å². The summed E-state index contributed by atoms with van der Waals surface area (Å²) < 4.78 is 11.8. The van der Waals surface area contributed by atoms with Gasteiger partial charge in [-0.15, -0.1) is 11.3 Å². The van der Waals surface area contributed by atoms with Gasteiger partial charge in [-0.2, -0.15) is 0 Å². The molecule has 0 N–H and O–H groups in total. The number of ether oxygens (including phenoxy) is 1. The average Bonchev–Trinajstić information content (AvgIpc) is 3.17. The van der Waals surface area contributed by atoms with Gasteiger partial charge in [0, 0.05) is 11.4 Å². The van der Waals surface area contributed by atoms with Crippen LogP contribution in [0.1, 0.15) is 33.5 Å². The first-order chi connectivity index (χ1) is 12.0. The minimum atomic E-state index is -0.440. The summed E-state index contributed by atoms with van der Waals surface area (Å²) in [5.41, 5.74) is 1.36. The number of fused-ring (bicyclic) bond motifs is 1. The summed E-state index contributed by atoms with van der Waals surface area (Å²) in [5.74, 6) is 0.455. The molecule has 132 valence electrons. The van der Waals surface area contributed by atoms with E-state index < -0.39 is 5.97 Å². The summed E-state index contributed by atoms with van der Waals surface area (Å²) in [6.45, 7) is 6.39. The van der Waals surface area contributed by atoms with E-state index in [9.17, 15) is 9.59 Å². The van der Waals surface area contributed by atoms with Gasteiger partial charge in [-0.05, 0) is 32.4 Å². The Morgan fingerprint density at radius 1 is 1.44 bits per heavy atom. The van der Waals surface area contributed by atoms with Crippen LogP contribution in [0.2, 0.25) is 0 Å². The minimum Gasteiger partial charge on any atom is -0.468 e. The van der Waals surface area contributed by atoms with Gasteiger partial charge >= 0.3 is 5.97 Å². The Hall–Kier alpha value is -2.06. The Morgan fingerprint density at radius 2 is 2.20 bits per heavy atom. The van der Waals surface area contributed by atoms with Crippen molar-refractivity contribution in [3.05, 3.63) is 44.4 Å². The van der Waals surface area contributed by atoms with Crippen molar-refractivity contribution in [3.8, 4) is 0 Å². The molecule has 0 aliphatic rings. The Bertz CT molecular complexity index is 1000. The molecule has 0 saturated heterocycles. The molecular formula is C17H18N2O4S2. The molecule has 3 rings (SSSR count). The Balaban J connectivity index is 1.98. The number of carbonyl (C=O) groups excluding carboxylic acids is 1. The van der Waals surface area contributed by atoms with Crippen molar-refractivity contribution >= 4 is 39.3 Å². The largest absolute Gasteiger partial charge is 0.468 e. The first-order valence-corrected chi connectivity index (χ1v) is 9.56. The van der Waals surface area contributed by atoms with Gasteiger partial charge in [-0.25, -0.2) is 9.78 Å². The van der Waals surface area contributed by atoms with Crippen molar-refractivity contribution in [2.24, 2.45) is 0 Å².